The number of hydrogen-bond acceptors (Lipinski definition) is 3. The van der Waals surface area contributed by atoms with E-state index in [2.05, 4.69) is 10.6 Å². The van der Waals surface area contributed by atoms with E-state index in [0.29, 0.717) is 0 Å². The summed E-state index contributed by atoms with van der Waals surface area (Å²) < 4.78 is 5.50. The second-order valence-corrected chi connectivity index (χ2v) is 4.89. The highest BCUT2D eigenvalue weighted by molar-refractivity contribution is 5.80. The fraction of sp³-hybridized carbons (Fsp3) is 0.917. The van der Waals surface area contributed by atoms with Crippen LogP contribution in [-0.2, 0) is 9.53 Å². The zero-order valence-corrected chi connectivity index (χ0v) is 10.00. The first-order valence-electron chi connectivity index (χ1n) is 6.42. The summed E-state index contributed by atoms with van der Waals surface area (Å²) in [6, 6.07) is 0.759. The van der Waals surface area contributed by atoms with E-state index in [0.717, 1.165) is 38.4 Å². The second kappa shape index (κ2) is 5.64. The van der Waals surface area contributed by atoms with Gasteiger partial charge in [-0.25, -0.2) is 0 Å². The van der Waals surface area contributed by atoms with Gasteiger partial charge in [0, 0.05) is 12.6 Å². The smallest absolute Gasteiger partial charge is 0.249 e. The SMILES string of the molecule is CC1CCC(C(=O)NCCCNC2CC2)O1. The first-order valence-corrected chi connectivity index (χ1v) is 6.42. The topological polar surface area (TPSA) is 50.4 Å². The summed E-state index contributed by atoms with van der Waals surface area (Å²) in [5.41, 5.74) is 0. The number of ether oxygens (including phenoxy) is 1. The molecule has 2 fully saturated rings. The van der Waals surface area contributed by atoms with Crippen LogP contribution in [0.5, 0.6) is 0 Å². The third-order valence-electron chi connectivity index (χ3n) is 3.19. The molecule has 0 aromatic heterocycles. The van der Waals surface area contributed by atoms with Crippen molar-refractivity contribution in [1.29, 1.82) is 0 Å². The highest BCUT2D eigenvalue weighted by atomic mass is 16.5. The van der Waals surface area contributed by atoms with E-state index in [4.69, 9.17) is 4.74 Å². The molecule has 1 heterocycles. The van der Waals surface area contributed by atoms with E-state index in [1.807, 2.05) is 6.92 Å². The highest BCUT2D eigenvalue weighted by Gasteiger charge is 2.27. The van der Waals surface area contributed by atoms with Crippen LogP contribution in [0, 0.1) is 0 Å². The summed E-state index contributed by atoms with van der Waals surface area (Å²) in [5, 5.41) is 6.36. The minimum atomic E-state index is -0.202. The minimum Gasteiger partial charge on any atom is -0.365 e. The molecular formula is C12H22N2O2. The van der Waals surface area contributed by atoms with Crippen LogP contribution < -0.4 is 10.6 Å². The van der Waals surface area contributed by atoms with E-state index >= 15 is 0 Å². The number of rotatable bonds is 6. The van der Waals surface area contributed by atoms with Gasteiger partial charge in [-0.15, -0.1) is 0 Å². The summed E-state index contributed by atoms with van der Waals surface area (Å²) in [4.78, 5) is 11.6. The van der Waals surface area contributed by atoms with E-state index in [9.17, 15) is 4.79 Å². The first kappa shape index (κ1) is 11.9. The molecule has 0 aromatic rings. The first-order chi connectivity index (χ1) is 7.75. The molecule has 1 saturated carbocycles. The Morgan fingerprint density at radius 2 is 2.06 bits per heavy atom. The van der Waals surface area contributed by atoms with Gasteiger partial charge in [-0.2, -0.15) is 0 Å². The molecule has 2 aliphatic rings. The van der Waals surface area contributed by atoms with E-state index in [1.165, 1.54) is 12.8 Å². The third-order valence-corrected chi connectivity index (χ3v) is 3.19. The van der Waals surface area contributed by atoms with Crippen LogP contribution in [0.1, 0.15) is 39.0 Å². The monoisotopic (exact) mass is 226 g/mol. The van der Waals surface area contributed by atoms with Gasteiger partial charge in [0.2, 0.25) is 5.91 Å². The Bertz CT molecular complexity index is 241. The van der Waals surface area contributed by atoms with E-state index < -0.39 is 0 Å². The molecule has 1 aliphatic heterocycles. The quantitative estimate of drug-likeness (QED) is 0.659. The van der Waals surface area contributed by atoms with Gasteiger partial charge in [-0.05, 0) is 45.6 Å². The van der Waals surface area contributed by atoms with Crippen LogP contribution in [0.15, 0.2) is 0 Å². The molecular weight excluding hydrogens is 204 g/mol. The van der Waals surface area contributed by atoms with Gasteiger partial charge in [0.25, 0.3) is 0 Å². The van der Waals surface area contributed by atoms with Crippen LogP contribution in [0.4, 0.5) is 0 Å². The van der Waals surface area contributed by atoms with Crippen LogP contribution in [-0.4, -0.2) is 37.2 Å². The number of amides is 1. The zero-order chi connectivity index (χ0) is 11.4. The Hall–Kier alpha value is -0.610. The lowest BCUT2D eigenvalue weighted by Crippen LogP contribution is -2.36. The molecule has 0 spiro atoms. The average Bonchev–Trinajstić information content (AvgIpc) is 2.99. The zero-order valence-electron chi connectivity index (χ0n) is 10.00. The molecule has 0 aromatic carbocycles. The molecule has 0 radical (unpaired) electrons. The summed E-state index contributed by atoms with van der Waals surface area (Å²) in [7, 11) is 0. The highest BCUT2D eigenvalue weighted by Crippen LogP contribution is 2.19. The summed E-state index contributed by atoms with van der Waals surface area (Å²) in [6.07, 6.45) is 5.55. The molecule has 1 saturated heterocycles. The number of carbonyl (C=O) groups is 1. The van der Waals surface area contributed by atoms with Gasteiger partial charge in [-0.1, -0.05) is 0 Å². The van der Waals surface area contributed by atoms with E-state index in [-0.39, 0.29) is 18.1 Å². The Balaban J connectivity index is 1.49. The van der Waals surface area contributed by atoms with Crippen LogP contribution in [0.25, 0.3) is 0 Å². The van der Waals surface area contributed by atoms with Crippen molar-refractivity contribution in [1.82, 2.24) is 10.6 Å². The van der Waals surface area contributed by atoms with E-state index in [1.54, 1.807) is 0 Å². The van der Waals surface area contributed by atoms with Gasteiger partial charge in [0.1, 0.15) is 6.10 Å². The molecule has 2 atom stereocenters. The largest absolute Gasteiger partial charge is 0.365 e. The summed E-state index contributed by atoms with van der Waals surface area (Å²) in [5.74, 6) is 0.0655. The molecule has 1 aliphatic carbocycles. The minimum absolute atomic E-state index is 0.0655. The molecule has 1 amide bonds. The van der Waals surface area contributed by atoms with Crippen LogP contribution in [0.3, 0.4) is 0 Å². The third kappa shape index (κ3) is 3.76. The molecule has 2 unspecified atom stereocenters. The van der Waals surface area contributed by atoms with Gasteiger partial charge < -0.3 is 15.4 Å². The van der Waals surface area contributed by atoms with Crippen molar-refractivity contribution in [3.05, 3.63) is 0 Å². The van der Waals surface area contributed by atoms with Gasteiger partial charge in [-0.3, -0.25) is 4.79 Å². The summed E-state index contributed by atoms with van der Waals surface area (Å²) in [6.45, 7) is 3.78. The fourth-order valence-corrected chi connectivity index (χ4v) is 2.00. The molecule has 0 bridgehead atoms. The van der Waals surface area contributed by atoms with Crippen molar-refractivity contribution in [3.8, 4) is 0 Å². The van der Waals surface area contributed by atoms with Crippen molar-refractivity contribution in [2.45, 2.75) is 57.3 Å². The molecule has 4 heteroatoms. The number of hydrogen-bond donors (Lipinski definition) is 2. The maximum Gasteiger partial charge on any atom is 0.249 e. The Morgan fingerprint density at radius 3 is 2.69 bits per heavy atom. The van der Waals surface area contributed by atoms with Crippen molar-refractivity contribution < 1.29 is 9.53 Å². The Labute approximate surface area is 97.1 Å². The second-order valence-electron chi connectivity index (χ2n) is 4.89. The number of carbonyl (C=O) groups excluding carboxylic acids is 1. The fourth-order valence-electron chi connectivity index (χ4n) is 2.00. The van der Waals surface area contributed by atoms with Crippen molar-refractivity contribution in [2.75, 3.05) is 13.1 Å². The molecule has 92 valence electrons. The van der Waals surface area contributed by atoms with Crippen LogP contribution in [0.2, 0.25) is 0 Å². The lowest BCUT2D eigenvalue weighted by Gasteiger charge is -2.11. The normalized spacial score (nSPS) is 29.3. The predicted octanol–water partition coefficient (Wildman–Crippen LogP) is 0.812. The predicted molar refractivity (Wildman–Crippen MR) is 62.2 cm³/mol. The maximum absolute atomic E-state index is 11.6. The van der Waals surface area contributed by atoms with Crippen molar-refractivity contribution in [2.24, 2.45) is 0 Å². The standard InChI is InChI=1S/C12H22N2O2/c1-9-3-6-11(16-9)12(15)14-8-2-7-13-10-4-5-10/h9-11,13H,2-8H2,1H3,(H,14,15). The van der Waals surface area contributed by atoms with Gasteiger partial charge in [0.05, 0.1) is 6.10 Å². The van der Waals surface area contributed by atoms with Crippen LogP contribution >= 0.6 is 0 Å². The van der Waals surface area contributed by atoms with Gasteiger partial charge in [0.15, 0.2) is 0 Å². The van der Waals surface area contributed by atoms with Crippen molar-refractivity contribution in [3.63, 3.8) is 0 Å². The lowest BCUT2D eigenvalue weighted by atomic mass is 10.2. The molecule has 2 N–H and O–H groups in total. The Morgan fingerprint density at radius 1 is 1.25 bits per heavy atom. The average molecular weight is 226 g/mol. The maximum atomic E-state index is 11.6. The van der Waals surface area contributed by atoms with Crippen molar-refractivity contribution >= 4 is 5.91 Å². The molecule has 16 heavy (non-hydrogen) atoms. The summed E-state index contributed by atoms with van der Waals surface area (Å²) >= 11 is 0. The molecule has 2 rings (SSSR count). The Kier molecular flexibility index (Phi) is 4.18. The van der Waals surface area contributed by atoms with Gasteiger partial charge >= 0.3 is 0 Å². The number of nitrogens with one attached hydrogen (secondary N) is 2. The lowest BCUT2D eigenvalue weighted by molar-refractivity contribution is -0.131. The molecule has 4 nitrogen and oxygen atoms in total.